The summed E-state index contributed by atoms with van der Waals surface area (Å²) in [6.45, 7) is 6.19. The molecule has 6 heteroatoms. The number of ether oxygens (including phenoxy) is 1. The van der Waals surface area contributed by atoms with Crippen molar-refractivity contribution >= 4 is 23.3 Å². The van der Waals surface area contributed by atoms with Crippen molar-refractivity contribution in [3.8, 4) is 0 Å². The molecule has 23 heavy (non-hydrogen) atoms. The third-order valence-corrected chi connectivity index (χ3v) is 5.71. The van der Waals surface area contributed by atoms with Gasteiger partial charge in [0.2, 0.25) is 5.91 Å². The summed E-state index contributed by atoms with van der Waals surface area (Å²) >= 11 is 1.62. The predicted molar refractivity (Wildman–Crippen MR) is 89.4 cm³/mol. The summed E-state index contributed by atoms with van der Waals surface area (Å²) < 4.78 is 5.24. The molecule has 126 valence electrons. The predicted octanol–water partition coefficient (Wildman–Crippen LogP) is 2.76. The molecule has 0 aromatic carbocycles. The molecule has 0 N–H and O–H groups in total. The number of hydrogen-bond donors (Lipinski definition) is 0. The summed E-state index contributed by atoms with van der Waals surface area (Å²) in [5.41, 5.74) is 0. The van der Waals surface area contributed by atoms with E-state index in [2.05, 4.69) is 13.8 Å². The van der Waals surface area contributed by atoms with Crippen molar-refractivity contribution in [3.63, 3.8) is 0 Å². The number of thiophene rings is 1. The second kappa shape index (κ2) is 6.91. The van der Waals surface area contributed by atoms with E-state index in [4.69, 9.17) is 4.74 Å². The first-order chi connectivity index (χ1) is 11.1. The molecule has 3 rings (SSSR count). The molecule has 5 nitrogen and oxygen atoms in total. The molecule has 3 heterocycles. The van der Waals surface area contributed by atoms with Gasteiger partial charge in [-0.25, -0.2) is 4.79 Å². The fraction of sp³-hybridized carbons (Fsp3) is 0.647. The van der Waals surface area contributed by atoms with Crippen molar-refractivity contribution in [1.29, 1.82) is 0 Å². The van der Waals surface area contributed by atoms with Gasteiger partial charge in [0, 0.05) is 24.0 Å². The Morgan fingerprint density at radius 2 is 2.13 bits per heavy atom. The van der Waals surface area contributed by atoms with E-state index in [0.717, 1.165) is 30.8 Å². The van der Waals surface area contributed by atoms with E-state index in [1.807, 2.05) is 27.3 Å². The largest absolute Gasteiger partial charge is 0.447 e. The zero-order chi connectivity index (χ0) is 16.4. The SMILES string of the molecule is CC(C)C1COC(=O)N1C1CCN(C(=O)Cc2cccs2)CC1. The maximum absolute atomic E-state index is 12.4. The first-order valence-corrected chi connectivity index (χ1v) is 9.19. The third kappa shape index (κ3) is 3.52. The molecule has 2 amide bonds. The van der Waals surface area contributed by atoms with Crippen molar-refractivity contribution in [1.82, 2.24) is 9.80 Å². The number of hydrogen-bond acceptors (Lipinski definition) is 4. The Balaban J connectivity index is 1.55. The lowest BCUT2D eigenvalue weighted by molar-refractivity contribution is -0.131. The standard InChI is InChI=1S/C17H24N2O3S/c1-12(2)15-11-22-17(21)19(15)13-5-7-18(8-6-13)16(20)10-14-4-3-9-23-14/h3-4,9,12-13,15H,5-8,10-11H2,1-2H3. The minimum atomic E-state index is -0.188. The van der Waals surface area contributed by atoms with Crippen LogP contribution in [0.15, 0.2) is 17.5 Å². The molecule has 0 aliphatic carbocycles. The van der Waals surface area contributed by atoms with Crippen LogP contribution in [0.2, 0.25) is 0 Å². The van der Waals surface area contributed by atoms with E-state index in [1.165, 1.54) is 0 Å². The van der Waals surface area contributed by atoms with Gasteiger partial charge in [0.1, 0.15) is 6.61 Å². The smallest absolute Gasteiger partial charge is 0.410 e. The molecule has 0 bridgehead atoms. The summed E-state index contributed by atoms with van der Waals surface area (Å²) in [4.78, 5) is 29.4. The van der Waals surface area contributed by atoms with Gasteiger partial charge in [0.05, 0.1) is 12.5 Å². The maximum Gasteiger partial charge on any atom is 0.410 e. The van der Waals surface area contributed by atoms with Crippen LogP contribution in [0, 0.1) is 5.92 Å². The molecule has 0 spiro atoms. The van der Waals surface area contributed by atoms with Crippen LogP contribution in [0.1, 0.15) is 31.6 Å². The number of amides is 2. The number of likely N-dealkylation sites (tertiary alicyclic amines) is 1. The average molecular weight is 336 g/mol. The van der Waals surface area contributed by atoms with Gasteiger partial charge in [0.15, 0.2) is 0 Å². The summed E-state index contributed by atoms with van der Waals surface area (Å²) in [7, 11) is 0. The van der Waals surface area contributed by atoms with E-state index >= 15 is 0 Å². The normalized spacial score (nSPS) is 22.7. The highest BCUT2D eigenvalue weighted by Crippen LogP contribution is 2.27. The number of rotatable bonds is 4. The van der Waals surface area contributed by atoms with Crippen LogP contribution in [0.3, 0.4) is 0 Å². The minimum absolute atomic E-state index is 0.167. The van der Waals surface area contributed by atoms with Gasteiger partial charge in [-0.15, -0.1) is 11.3 Å². The van der Waals surface area contributed by atoms with Gasteiger partial charge >= 0.3 is 6.09 Å². The first kappa shape index (κ1) is 16.3. The van der Waals surface area contributed by atoms with E-state index in [-0.39, 0.29) is 24.1 Å². The third-order valence-electron chi connectivity index (χ3n) is 4.83. The quantitative estimate of drug-likeness (QED) is 0.849. The van der Waals surface area contributed by atoms with Gasteiger partial charge in [0.25, 0.3) is 0 Å². The number of carbonyl (C=O) groups excluding carboxylic acids is 2. The Bertz CT molecular complexity index is 550. The summed E-state index contributed by atoms with van der Waals surface area (Å²) in [6, 6.07) is 4.34. The number of cyclic esters (lactones) is 1. The molecule has 0 saturated carbocycles. The lowest BCUT2D eigenvalue weighted by Gasteiger charge is -2.38. The maximum atomic E-state index is 12.4. The first-order valence-electron chi connectivity index (χ1n) is 8.31. The fourth-order valence-corrected chi connectivity index (χ4v) is 4.14. The van der Waals surface area contributed by atoms with Crippen LogP contribution >= 0.6 is 11.3 Å². The van der Waals surface area contributed by atoms with Crippen LogP contribution in [0.4, 0.5) is 4.79 Å². The minimum Gasteiger partial charge on any atom is -0.447 e. The van der Waals surface area contributed by atoms with Crippen LogP contribution in [0.5, 0.6) is 0 Å². The van der Waals surface area contributed by atoms with Gasteiger partial charge in [-0.05, 0) is 30.2 Å². The molecular weight excluding hydrogens is 312 g/mol. The lowest BCUT2D eigenvalue weighted by atomic mass is 9.97. The highest BCUT2D eigenvalue weighted by Gasteiger charge is 2.40. The van der Waals surface area contributed by atoms with Crippen LogP contribution in [-0.4, -0.2) is 53.6 Å². The van der Waals surface area contributed by atoms with Gasteiger partial charge in [-0.2, -0.15) is 0 Å². The zero-order valence-corrected chi connectivity index (χ0v) is 14.6. The lowest BCUT2D eigenvalue weighted by Crippen LogP contribution is -2.51. The Kier molecular flexibility index (Phi) is 4.90. The fourth-order valence-electron chi connectivity index (χ4n) is 3.45. The number of carbonyl (C=O) groups is 2. The van der Waals surface area contributed by atoms with Gasteiger partial charge < -0.3 is 9.64 Å². The van der Waals surface area contributed by atoms with E-state index in [1.54, 1.807) is 11.3 Å². The average Bonchev–Trinajstić information content (AvgIpc) is 3.17. The monoisotopic (exact) mass is 336 g/mol. The number of piperidine rings is 1. The summed E-state index contributed by atoms with van der Waals surface area (Å²) in [5.74, 6) is 0.579. The Hall–Kier alpha value is -1.56. The molecule has 0 radical (unpaired) electrons. The molecule has 2 aliphatic heterocycles. The molecule has 2 saturated heterocycles. The summed E-state index contributed by atoms with van der Waals surface area (Å²) in [5, 5.41) is 2.00. The van der Waals surface area contributed by atoms with E-state index < -0.39 is 0 Å². The van der Waals surface area contributed by atoms with Crippen molar-refractivity contribution in [2.24, 2.45) is 5.92 Å². The van der Waals surface area contributed by atoms with Crippen LogP contribution in [0.25, 0.3) is 0 Å². The van der Waals surface area contributed by atoms with Crippen LogP contribution in [-0.2, 0) is 16.0 Å². The van der Waals surface area contributed by atoms with Crippen LogP contribution < -0.4 is 0 Å². The molecule has 1 atom stereocenters. The molecule has 1 aromatic heterocycles. The van der Waals surface area contributed by atoms with Gasteiger partial charge in [-0.3, -0.25) is 9.69 Å². The van der Waals surface area contributed by atoms with Crippen molar-refractivity contribution < 1.29 is 14.3 Å². The molecule has 2 aliphatic rings. The molecule has 1 aromatic rings. The van der Waals surface area contributed by atoms with Crippen molar-refractivity contribution in [2.45, 2.75) is 45.2 Å². The Labute approximate surface area is 141 Å². The van der Waals surface area contributed by atoms with Crippen molar-refractivity contribution in [3.05, 3.63) is 22.4 Å². The molecule has 2 fully saturated rings. The van der Waals surface area contributed by atoms with Crippen molar-refractivity contribution in [2.75, 3.05) is 19.7 Å². The molecule has 1 unspecified atom stereocenters. The topological polar surface area (TPSA) is 49.9 Å². The van der Waals surface area contributed by atoms with E-state index in [0.29, 0.717) is 18.9 Å². The second-order valence-corrected chi connectivity index (χ2v) is 7.70. The number of nitrogens with zero attached hydrogens (tertiary/aromatic N) is 2. The Morgan fingerprint density at radius 1 is 1.39 bits per heavy atom. The zero-order valence-electron chi connectivity index (χ0n) is 13.7. The van der Waals surface area contributed by atoms with Gasteiger partial charge in [-0.1, -0.05) is 19.9 Å². The second-order valence-electron chi connectivity index (χ2n) is 6.66. The molecular formula is C17H24N2O3S. The highest BCUT2D eigenvalue weighted by atomic mass is 32.1. The Morgan fingerprint density at radius 3 is 2.74 bits per heavy atom. The summed E-state index contributed by atoms with van der Waals surface area (Å²) in [6.07, 6.45) is 1.98. The van der Waals surface area contributed by atoms with E-state index in [9.17, 15) is 9.59 Å². The highest BCUT2D eigenvalue weighted by molar-refractivity contribution is 7.10.